The summed E-state index contributed by atoms with van der Waals surface area (Å²) < 4.78 is 0. The summed E-state index contributed by atoms with van der Waals surface area (Å²) in [6.07, 6.45) is 6.81. The summed E-state index contributed by atoms with van der Waals surface area (Å²) in [5, 5.41) is 12.3. The van der Waals surface area contributed by atoms with E-state index in [0.29, 0.717) is 12.8 Å². The fourth-order valence-electron chi connectivity index (χ4n) is 2.60. The van der Waals surface area contributed by atoms with E-state index in [0.717, 1.165) is 37.4 Å². The van der Waals surface area contributed by atoms with Crippen LogP contribution in [0.3, 0.4) is 0 Å². The van der Waals surface area contributed by atoms with Gasteiger partial charge < -0.3 is 10.4 Å². The maximum absolute atomic E-state index is 12.1. The molecule has 1 aliphatic rings. The first-order chi connectivity index (χ1) is 11.5. The SMILES string of the molecule is CCCCC(=O)C(CCC(=O)O)NC(=O)CCCC[C@@H]1CCSS1. The molecule has 1 fully saturated rings. The average molecular weight is 376 g/mol. The number of amides is 1. The van der Waals surface area contributed by atoms with Gasteiger partial charge in [0.1, 0.15) is 0 Å². The Balaban J connectivity index is 2.29. The largest absolute Gasteiger partial charge is 0.481 e. The lowest BCUT2D eigenvalue weighted by atomic mass is 10.0. The number of unbranched alkanes of at least 4 members (excludes halogenated alkanes) is 2. The molecule has 1 saturated heterocycles. The third kappa shape index (κ3) is 9.57. The van der Waals surface area contributed by atoms with E-state index < -0.39 is 12.0 Å². The Morgan fingerprint density at radius 2 is 1.96 bits per heavy atom. The summed E-state index contributed by atoms with van der Waals surface area (Å²) in [6.45, 7) is 2.00. The molecule has 0 saturated carbocycles. The van der Waals surface area contributed by atoms with Crippen molar-refractivity contribution < 1.29 is 19.5 Å². The van der Waals surface area contributed by atoms with Gasteiger partial charge in [-0.05, 0) is 32.1 Å². The number of aliphatic carboxylic acids is 1. The van der Waals surface area contributed by atoms with E-state index in [1.165, 1.54) is 12.2 Å². The van der Waals surface area contributed by atoms with Gasteiger partial charge in [0, 0.05) is 30.3 Å². The molecule has 0 aromatic rings. The van der Waals surface area contributed by atoms with E-state index in [9.17, 15) is 14.4 Å². The number of nitrogens with one attached hydrogen (secondary N) is 1. The summed E-state index contributed by atoms with van der Waals surface area (Å²) in [4.78, 5) is 34.9. The maximum atomic E-state index is 12.1. The number of Topliss-reactive ketones (excluding diaryl/α,β-unsaturated/α-hetero) is 1. The Labute approximate surface area is 152 Å². The second kappa shape index (κ2) is 12.6. The van der Waals surface area contributed by atoms with Crippen LogP contribution >= 0.6 is 21.6 Å². The van der Waals surface area contributed by atoms with Crippen molar-refractivity contribution in [3.05, 3.63) is 0 Å². The van der Waals surface area contributed by atoms with Gasteiger partial charge in [-0.15, -0.1) is 0 Å². The van der Waals surface area contributed by atoms with E-state index >= 15 is 0 Å². The Morgan fingerprint density at radius 1 is 1.17 bits per heavy atom. The lowest BCUT2D eigenvalue weighted by Gasteiger charge is -2.17. The molecule has 1 aliphatic heterocycles. The van der Waals surface area contributed by atoms with Crippen molar-refractivity contribution in [1.29, 1.82) is 0 Å². The number of carbonyl (C=O) groups is 3. The molecule has 0 spiro atoms. The Morgan fingerprint density at radius 3 is 2.58 bits per heavy atom. The highest BCUT2D eigenvalue weighted by molar-refractivity contribution is 8.77. The third-order valence-corrected chi connectivity index (χ3v) is 7.06. The van der Waals surface area contributed by atoms with Crippen LogP contribution in [0.15, 0.2) is 0 Å². The van der Waals surface area contributed by atoms with Crippen molar-refractivity contribution >= 4 is 39.2 Å². The molecule has 7 heteroatoms. The number of carboxylic acids is 1. The van der Waals surface area contributed by atoms with Crippen molar-refractivity contribution in [3.63, 3.8) is 0 Å². The van der Waals surface area contributed by atoms with Crippen molar-refractivity contribution in [1.82, 2.24) is 5.32 Å². The second-order valence-electron chi connectivity index (χ2n) is 6.20. The fourth-order valence-corrected chi connectivity index (χ4v) is 5.62. The number of rotatable bonds is 13. The van der Waals surface area contributed by atoms with Crippen LogP contribution in [0.25, 0.3) is 0 Å². The van der Waals surface area contributed by atoms with Crippen molar-refractivity contribution in [2.45, 2.75) is 82.4 Å². The molecule has 24 heavy (non-hydrogen) atoms. The second-order valence-corrected chi connectivity index (χ2v) is 8.98. The smallest absolute Gasteiger partial charge is 0.303 e. The summed E-state index contributed by atoms with van der Waals surface area (Å²) in [7, 11) is 3.87. The first-order valence-electron chi connectivity index (χ1n) is 8.85. The zero-order valence-electron chi connectivity index (χ0n) is 14.4. The minimum atomic E-state index is -0.940. The number of carbonyl (C=O) groups excluding carboxylic acids is 2. The highest BCUT2D eigenvalue weighted by Crippen LogP contribution is 2.39. The van der Waals surface area contributed by atoms with E-state index in [1.54, 1.807) is 0 Å². The van der Waals surface area contributed by atoms with Gasteiger partial charge in [-0.3, -0.25) is 14.4 Å². The lowest BCUT2D eigenvalue weighted by Crippen LogP contribution is -2.41. The summed E-state index contributed by atoms with van der Waals surface area (Å²) in [5.41, 5.74) is 0. The van der Waals surface area contributed by atoms with Crippen LogP contribution in [-0.4, -0.2) is 39.8 Å². The van der Waals surface area contributed by atoms with Gasteiger partial charge in [-0.1, -0.05) is 41.4 Å². The standard InChI is InChI=1S/C17H29NO4S2/c1-2-3-7-15(19)14(9-10-17(21)22)18-16(20)8-5-4-6-13-11-12-23-24-13/h13-14H,2-12H2,1H3,(H,18,20)(H,21,22)/t13-,14?/m1/s1. The first-order valence-corrected chi connectivity index (χ1v) is 11.2. The number of carboxylic acid groups (broad SMARTS) is 1. The minimum Gasteiger partial charge on any atom is -0.481 e. The summed E-state index contributed by atoms with van der Waals surface area (Å²) in [6, 6.07) is -0.651. The van der Waals surface area contributed by atoms with Crippen LogP contribution in [-0.2, 0) is 14.4 Å². The van der Waals surface area contributed by atoms with Crippen LogP contribution < -0.4 is 5.32 Å². The fraction of sp³-hybridized carbons (Fsp3) is 0.824. The normalized spacial score (nSPS) is 18.3. The van der Waals surface area contributed by atoms with Gasteiger partial charge in [0.15, 0.2) is 5.78 Å². The molecule has 1 unspecified atom stereocenters. The molecular formula is C17H29NO4S2. The van der Waals surface area contributed by atoms with E-state index in [2.05, 4.69) is 5.32 Å². The molecule has 2 atom stereocenters. The number of ketones is 1. The Hall–Kier alpha value is -0.690. The Bertz CT molecular complexity index is 411. The summed E-state index contributed by atoms with van der Waals surface area (Å²) in [5.74, 6) is 0.0972. The minimum absolute atomic E-state index is 0.0502. The highest BCUT2D eigenvalue weighted by Gasteiger charge is 2.21. The molecule has 0 bridgehead atoms. The first kappa shape index (κ1) is 21.4. The summed E-state index contributed by atoms with van der Waals surface area (Å²) >= 11 is 0. The van der Waals surface area contributed by atoms with Crippen molar-refractivity contribution in [3.8, 4) is 0 Å². The number of hydrogen-bond donors (Lipinski definition) is 2. The van der Waals surface area contributed by atoms with Gasteiger partial charge in [0.05, 0.1) is 6.04 Å². The third-order valence-electron chi connectivity index (χ3n) is 4.05. The van der Waals surface area contributed by atoms with E-state index in [-0.39, 0.29) is 24.5 Å². The van der Waals surface area contributed by atoms with E-state index in [1.807, 2.05) is 28.5 Å². The van der Waals surface area contributed by atoms with Gasteiger partial charge in [-0.2, -0.15) is 0 Å². The molecule has 0 aliphatic carbocycles. The predicted molar refractivity (Wildman–Crippen MR) is 100 cm³/mol. The van der Waals surface area contributed by atoms with Gasteiger partial charge >= 0.3 is 5.97 Å². The monoisotopic (exact) mass is 375 g/mol. The molecule has 2 N–H and O–H groups in total. The van der Waals surface area contributed by atoms with Crippen molar-refractivity contribution in [2.75, 3.05) is 5.75 Å². The number of hydrogen-bond acceptors (Lipinski definition) is 5. The predicted octanol–water partition coefficient (Wildman–Crippen LogP) is 3.81. The van der Waals surface area contributed by atoms with Crippen LogP contribution in [0.4, 0.5) is 0 Å². The van der Waals surface area contributed by atoms with Gasteiger partial charge in [-0.25, -0.2) is 0 Å². The topological polar surface area (TPSA) is 83.5 Å². The molecule has 1 heterocycles. The molecule has 1 rings (SSSR count). The molecule has 5 nitrogen and oxygen atoms in total. The van der Waals surface area contributed by atoms with Gasteiger partial charge in [0.25, 0.3) is 0 Å². The van der Waals surface area contributed by atoms with Crippen LogP contribution in [0.1, 0.15) is 71.1 Å². The zero-order chi connectivity index (χ0) is 17.8. The van der Waals surface area contributed by atoms with E-state index in [4.69, 9.17) is 5.11 Å². The van der Waals surface area contributed by atoms with Crippen LogP contribution in [0, 0.1) is 0 Å². The van der Waals surface area contributed by atoms with Crippen LogP contribution in [0.2, 0.25) is 0 Å². The highest BCUT2D eigenvalue weighted by atomic mass is 33.1. The molecular weight excluding hydrogens is 346 g/mol. The maximum Gasteiger partial charge on any atom is 0.303 e. The van der Waals surface area contributed by atoms with Crippen molar-refractivity contribution in [2.24, 2.45) is 0 Å². The molecule has 1 amide bonds. The zero-order valence-corrected chi connectivity index (χ0v) is 16.1. The molecule has 138 valence electrons. The lowest BCUT2D eigenvalue weighted by molar-refractivity contribution is -0.137. The molecule has 0 radical (unpaired) electrons. The Kier molecular flexibility index (Phi) is 11.2. The quantitative estimate of drug-likeness (QED) is 0.376. The molecule has 0 aromatic heterocycles. The average Bonchev–Trinajstić information content (AvgIpc) is 3.06. The van der Waals surface area contributed by atoms with Gasteiger partial charge in [0.2, 0.25) is 5.91 Å². The molecule has 0 aromatic carbocycles. The van der Waals surface area contributed by atoms with Crippen LogP contribution in [0.5, 0.6) is 0 Å².